The van der Waals surface area contributed by atoms with Crippen LogP contribution in [-0.4, -0.2) is 49.3 Å². The van der Waals surface area contributed by atoms with Crippen LogP contribution in [0.4, 0.5) is 20.6 Å². The molecule has 7 heteroatoms. The fraction of sp³-hybridized carbons (Fsp3) is 0.529. The Bertz CT molecular complexity index is 694. The highest BCUT2D eigenvalue weighted by molar-refractivity contribution is 5.93. The van der Waals surface area contributed by atoms with E-state index in [4.69, 9.17) is 9.84 Å². The van der Waals surface area contributed by atoms with Crippen LogP contribution in [0, 0.1) is 23.6 Å². The summed E-state index contributed by atoms with van der Waals surface area (Å²) < 4.78 is 19.5. The quantitative estimate of drug-likeness (QED) is 0.905. The number of benzene rings is 1. The molecule has 1 aromatic rings. The highest BCUT2D eigenvalue weighted by atomic mass is 19.1. The second kappa shape index (κ2) is 5.44. The molecule has 4 aliphatic rings. The lowest BCUT2D eigenvalue weighted by Crippen LogP contribution is -2.61. The molecule has 24 heavy (non-hydrogen) atoms. The van der Waals surface area contributed by atoms with E-state index in [2.05, 4.69) is 6.92 Å². The van der Waals surface area contributed by atoms with Crippen LogP contribution in [0.15, 0.2) is 18.2 Å². The van der Waals surface area contributed by atoms with E-state index in [1.807, 2.05) is 4.90 Å². The predicted octanol–water partition coefficient (Wildman–Crippen LogP) is 1.41. The number of anilines is 2. The van der Waals surface area contributed by atoms with Gasteiger partial charge in [-0.3, -0.25) is 9.69 Å². The Morgan fingerprint density at radius 1 is 1.25 bits per heavy atom. The maximum Gasteiger partial charge on any atom is 0.414 e. The standard InChI is InChI=1S/C17H19FN2O4/c1-9-12-6-19(7-13(9)16(12)22)15-3-2-10(4-14(15)18)20-5-11(8-21)24-17(20)23/h2-4,9,11-13,21H,5-8H2,1H3/t9?,11-,12-,13+/m1/s1. The van der Waals surface area contributed by atoms with Crippen molar-refractivity contribution in [3.8, 4) is 0 Å². The van der Waals surface area contributed by atoms with Gasteiger partial charge in [0.2, 0.25) is 0 Å². The number of rotatable bonds is 3. The first kappa shape index (κ1) is 15.4. The highest BCUT2D eigenvalue weighted by Gasteiger charge is 2.52. The van der Waals surface area contributed by atoms with Gasteiger partial charge in [0.15, 0.2) is 0 Å². The summed E-state index contributed by atoms with van der Waals surface area (Å²) in [4.78, 5) is 26.8. The zero-order valence-corrected chi connectivity index (χ0v) is 13.3. The maximum atomic E-state index is 14.6. The molecule has 6 nitrogen and oxygen atoms in total. The van der Waals surface area contributed by atoms with Gasteiger partial charge < -0.3 is 14.7 Å². The number of carbonyl (C=O) groups excluding carboxylic acids is 2. The largest absolute Gasteiger partial charge is 0.441 e. The Labute approximate surface area is 138 Å². The van der Waals surface area contributed by atoms with Crippen LogP contribution < -0.4 is 9.80 Å². The molecule has 0 radical (unpaired) electrons. The van der Waals surface area contributed by atoms with E-state index in [9.17, 15) is 14.0 Å². The molecule has 3 heterocycles. The van der Waals surface area contributed by atoms with Crippen LogP contribution in [0.3, 0.4) is 0 Å². The minimum absolute atomic E-state index is 0.00157. The molecular formula is C17H19FN2O4. The summed E-state index contributed by atoms with van der Waals surface area (Å²) in [5, 5.41) is 9.08. The Balaban J connectivity index is 1.53. The van der Waals surface area contributed by atoms with Crippen molar-refractivity contribution in [3.63, 3.8) is 0 Å². The number of ketones is 1. The van der Waals surface area contributed by atoms with Gasteiger partial charge in [0.05, 0.1) is 24.5 Å². The molecule has 1 saturated carbocycles. The number of carbonyl (C=O) groups is 2. The van der Waals surface area contributed by atoms with Gasteiger partial charge >= 0.3 is 6.09 Å². The second-order valence-electron chi connectivity index (χ2n) is 6.81. The molecule has 2 bridgehead atoms. The van der Waals surface area contributed by atoms with Crippen LogP contribution in [0.5, 0.6) is 0 Å². The molecule has 1 aliphatic carbocycles. The minimum Gasteiger partial charge on any atom is -0.441 e. The number of aliphatic hydroxyl groups is 1. The topological polar surface area (TPSA) is 70.1 Å². The summed E-state index contributed by atoms with van der Waals surface area (Å²) in [6, 6.07) is 4.62. The summed E-state index contributed by atoms with van der Waals surface area (Å²) >= 11 is 0. The second-order valence-corrected chi connectivity index (χ2v) is 6.81. The van der Waals surface area contributed by atoms with Gasteiger partial charge in [0.1, 0.15) is 17.7 Å². The Morgan fingerprint density at radius 3 is 2.50 bits per heavy atom. The van der Waals surface area contributed by atoms with E-state index in [0.717, 1.165) is 0 Å². The van der Waals surface area contributed by atoms with Gasteiger partial charge in [-0.2, -0.15) is 0 Å². The van der Waals surface area contributed by atoms with Crippen LogP contribution >= 0.6 is 0 Å². The molecular weight excluding hydrogens is 315 g/mol. The predicted molar refractivity (Wildman–Crippen MR) is 84.5 cm³/mol. The third kappa shape index (κ3) is 2.18. The Hall–Kier alpha value is -2.15. The molecule has 1 unspecified atom stereocenters. The first-order chi connectivity index (χ1) is 11.5. The van der Waals surface area contributed by atoms with Crippen LogP contribution in [0.25, 0.3) is 0 Å². The summed E-state index contributed by atoms with van der Waals surface area (Å²) in [6.45, 7) is 3.11. The third-order valence-corrected chi connectivity index (χ3v) is 5.50. The lowest BCUT2D eigenvalue weighted by atomic mass is 9.61. The van der Waals surface area contributed by atoms with Crippen LogP contribution in [0.2, 0.25) is 0 Å². The van der Waals surface area contributed by atoms with Crippen molar-refractivity contribution in [2.75, 3.05) is 36.0 Å². The monoisotopic (exact) mass is 334 g/mol. The number of piperidine rings is 2. The van der Waals surface area contributed by atoms with Crippen molar-refractivity contribution in [1.29, 1.82) is 0 Å². The number of cyclic esters (lactones) is 1. The summed E-state index contributed by atoms with van der Waals surface area (Å²) in [6.07, 6.45) is -1.17. The first-order valence-electron chi connectivity index (χ1n) is 8.17. The molecule has 4 fully saturated rings. The summed E-state index contributed by atoms with van der Waals surface area (Å²) in [7, 11) is 0. The van der Waals surface area contributed by atoms with E-state index in [-0.39, 0.29) is 25.0 Å². The van der Waals surface area contributed by atoms with Crippen molar-refractivity contribution < 1.29 is 23.8 Å². The van der Waals surface area contributed by atoms with Crippen molar-refractivity contribution >= 4 is 23.3 Å². The third-order valence-electron chi connectivity index (χ3n) is 5.50. The van der Waals surface area contributed by atoms with Gasteiger partial charge in [0.25, 0.3) is 0 Å². The Kier molecular flexibility index (Phi) is 3.49. The zero-order chi connectivity index (χ0) is 17.0. The van der Waals surface area contributed by atoms with Crippen molar-refractivity contribution in [3.05, 3.63) is 24.0 Å². The zero-order valence-electron chi connectivity index (χ0n) is 13.3. The normalized spacial score (nSPS) is 32.0. The molecule has 0 aromatic heterocycles. The molecule has 1 N–H and O–H groups in total. The maximum absolute atomic E-state index is 14.6. The average molecular weight is 334 g/mol. The number of hydrogen-bond acceptors (Lipinski definition) is 5. The van der Waals surface area contributed by atoms with Gasteiger partial charge in [-0.05, 0) is 24.1 Å². The smallest absolute Gasteiger partial charge is 0.414 e. The molecule has 0 spiro atoms. The molecule has 1 aromatic carbocycles. The fourth-order valence-electron chi connectivity index (χ4n) is 3.96. The minimum atomic E-state index is -0.583. The number of aliphatic hydroxyl groups excluding tert-OH is 1. The van der Waals surface area contributed by atoms with E-state index in [0.29, 0.717) is 36.2 Å². The SMILES string of the molecule is CC1[C@@H]2CN(c3ccc(N4C[C@H](CO)OC4=O)cc3F)C[C@H]1C2=O. The number of ether oxygens (including phenoxy) is 1. The molecule has 1 amide bonds. The molecule has 3 saturated heterocycles. The lowest BCUT2D eigenvalue weighted by molar-refractivity contribution is -0.143. The number of fused-ring (bicyclic) bond motifs is 2. The summed E-state index contributed by atoms with van der Waals surface area (Å²) in [5.41, 5.74) is 0.864. The lowest BCUT2D eigenvalue weighted by Gasteiger charge is -2.51. The van der Waals surface area contributed by atoms with Crippen molar-refractivity contribution in [1.82, 2.24) is 0 Å². The molecule has 3 aliphatic heterocycles. The number of nitrogens with zero attached hydrogens (tertiary/aromatic N) is 2. The summed E-state index contributed by atoms with van der Waals surface area (Å²) in [5.74, 6) is 0.258. The van der Waals surface area contributed by atoms with Crippen LogP contribution in [-0.2, 0) is 9.53 Å². The van der Waals surface area contributed by atoms with Gasteiger partial charge in [-0.15, -0.1) is 0 Å². The first-order valence-corrected chi connectivity index (χ1v) is 8.17. The van der Waals surface area contributed by atoms with E-state index >= 15 is 0 Å². The fourth-order valence-corrected chi connectivity index (χ4v) is 3.96. The van der Waals surface area contributed by atoms with Gasteiger partial charge in [0, 0.05) is 24.9 Å². The van der Waals surface area contributed by atoms with Gasteiger partial charge in [-0.1, -0.05) is 6.92 Å². The van der Waals surface area contributed by atoms with E-state index in [1.54, 1.807) is 12.1 Å². The number of amides is 1. The van der Waals surface area contributed by atoms with E-state index < -0.39 is 18.0 Å². The number of Topliss-reactive ketones (excluding diaryl/α,β-unsaturated/α-hetero) is 1. The number of halogens is 1. The van der Waals surface area contributed by atoms with E-state index in [1.165, 1.54) is 11.0 Å². The van der Waals surface area contributed by atoms with Crippen LogP contribution in [0.1, 0.15) is 6.92 Å². The van der Waals surface area contributed by atoms with Crippen molar-refractivity contribution in [2.24, 2.45) is 17.8 Å². The number of hydrogen-bond donors (Lipinski definition) is 1. The van der Waals surface area contributed by atoms with Crippen molar-refractivity contribution in [2.45, 2.75) is 13.0 Å². The Morgan fingerprint density at radius 2 is 1.96 bits per heavy atom. The van der Waals surface area contributed by atoms with Gasteiger partial charge in [-0.25, -0.2) is 9.18 Å². The average Bonchev–Trinajstić information content (AvgIpc) is 2.97. The molecule has 4 atom stereocenters. The highest BCUT2D eigenvalue weighted by Crippen LogP contribution is 2.43. The molecule has 5 rings (SSSR count). The molecule has 128 valence electrons.